The number of nitrogens with one attached hydrogen (secondary N) is 1. The molecular formula is C24H27N3O. The van der Waals surface area contributed by atoms with Gasteiger partial charge in [-0.2, -0.15) is 5.10 Å². The molecule has 3 aromatic rings. The topological polar surface area (TPSA) is 46.9 Å². The van der Waals surface area contributed by atoms with E-state index in [1.54, 1.807) is 0 Å². The van der Waals surface area contributed by atoms with Crippen molar-refractivity contribution in [3.05, 3.63) is 89.2 Å². The van der Waals surface area contributed by atoms with Gasteiger partial charge in [0.05, 0.1) is 12.7 Å². The third-order valence-corrected chi connectivity index (χ3v) is 5.58. The maximum Gasteiger partial charge on any atom is 0.221 e. The van der Waals surface area contributed by atoms with E-state index in [4.69, 9.17) is 0 Å². The van der Waals surface area contributed by atoms with Crippen LogP contribution in [0.5, 0.6) is 0 Å². The summed E-state index contributed by atoms with van der Waals surface area (Å²) < 4.78 is 2.07. The highest BCUT2D eigenvalue weighted by Crippen LogP contribution is 2.27. The fraction of sp³-hybridized carbons (Fsp3) is 0.333. The number of nitrogens with zero attached hydrogens (tertiary/aromatic N) is 2. The van der Waals surface area contributed by atoms with Gasteiger partial charge in [-0.15, -0.1) is 0 Å². The Bertz CT molecular complexity index is 863. The normalized spacial score (nSPS) is 13.3. The molecule has 28 heavy (non-hydrogen) atoms. The largest absolute Gasteiger partial charge is 0.354 e. The zero-order valence-corrected chi connectivity index (χ0v) is 16.2. The van der Waals surface area contributed by atoms with E-state index in [0.717, 1.165) is 19.4 Å². The van der Waals surface area contributed by atoms with E-state index in [2.05, 4.69) is 39.4 Å². The number of rotatable bonds is 7. The molecule has 2 aromatic carbocycles. The molecule has 1 heterocycles. The summed E-state index contributed by atoms with van der Waals surface area (Å²) in [5.74, 6) is 0.151. The highest BCUT2D eigenvalue weighted by Gasteiger charge is 2.18. The molecule has 0 atom stereocenters. The third kappa shape index (κ3) is 4.33. The van der Waals surface area contributed by atoms with Crippen LogP contribution in [0.15, 0.2) is 66.9 Å². The first-order valence-electron chi connectivity index (χ1n) is 10.2. The van der Waals surface area contributed by atoms with Gasteiger partial charge >= 0.3 is 0 Å². The van der Waals surface area contributed by atoms with Crippen LogP contribution in [0.4, 0.5) is 0 Å². The molecule has 0 unspecified atom stereocenters. The minimum Gasteiger partial charge on any atom is -0.354 e. The second-order valence-corrected chi connectivity index (χ2v) is 7.47. The Hall–Kier alpha value is -2.88. The predicted molar refractivity (Wildman–Crippen MR) is 111 cm³/mol. The van der Waals surface area contributed by atoms with Gasteiger partial charge in [-0.25, -0.2) is 0 Å². The first-order chi connectivity index (χ1) is 13.8. The maximum absolute atomic E-state index is 12.7. The van der Waals surface area contributed by atoms with Crippen molar-refractivity contribution in [1.29, 1.82) is 0 Å². The molecule has 1 aliphatic carbocycles. The monoisotopic (exact) mass is 373 g/mol. The van der Waals surface area contributed by atoms with E-state index in [-0.39, 0.29) is 11.8 Å². The first-order valence-corrected chi connectivity index (χ1v) is 10.2. The van der Waals surface area contributed by atoms with Crippen molar-refractivity contribution < 1.29 is 4.79 Å². The fourth-order valence-corrected chi connectivity index (χ4v) is 4.11. The van der Waals surface area contributed by atoms with Gasteiger partial charge in [0.2, 0.25) is 5.91 Å². The molecule has 0 saturated heterocycles. The van der Waals surface area contributed by atoms with Crippen molar-refractivity contribution in [3.8, 4) is 0 Å². The summed E-state index contributed by atoms with van der Waals surface area (Å²) in [6, 6.07) is 20.5. The van der Waals surface area contributed by atoms with Gasteiger partial charge < -0.3 is 5.32 Å². The van der Waals surface area contributed by atoms with Crippen LogP contribution < -0.4 is 5.32 Å². The number of aryl methyl sites for hydroxylation is 1. The molecule has 1 amide bonds. The Labute approximate surface area is 166 Å². The van der Waals surface area contributed by atoms with Crippen LogP contribution in [0.3, 0.4) is 0 Å². The lowest BCUT2D eigenvalue weighted by molar-refractivity contribution is -0.121. The number of fused-ring (bicyclic) bond motifs is 1. The molecule has 0 saturated carbocycles. The summed E-state index contributed by atoms with van der Waals surface area (Å²) in [4.78, 5) is 12.7. The third-order valence-electron chi connectivity index (χ3n) is 5.58. The van der Waals surface area contributed by atoms with Gasteiger partial charge in [-0.1, -0.05) is 60.7 Å². The van der Waals surface area contributed by atoms with E-state index in [1.807, 2.05) is 42.6 Å². The van der Waals surface area contributed by atoms with Crippen molar-refractivity contribution in [3.63, 3.8) is 0 Å². The number of amides is 1. The number of carbonyl (C=O) groups is 1. The molecule has 4 nitrogen and oxygen atoms in total. The standard InChI is InChI=1S/C24H27N3O/c28-24(25-15-16-27-23-14-8-7-13-21(23)18-26-27)17-22(19-9-3-1-4-10-19)20-11-5-2-6-12-20/h1-6,9-12,18,22H,7-8,13-17H2,(H,25,28). The quantitative estimate of drug-likeness (QED) is 0.678. The number of aromatic nitrogens is 2. The number of carbonyl (C=O) groups excluding carboxylic acids is 1. The van der Waals surface area contributed by atoms with Gasteiger partial charge in [0.15, 0.2) is 0 Å². The van der Waals surface area contributed by atoms with E-state index < -0.39 is 0 Å². The molecule has 0 bridgehead atoms. The smallest absolute Gasteiger partial charge is 0.221 e. The van der Waals surface area contributed by atoms with E-state index in [0.29, 0.717) is 13.0 Å². The zero-order valence-electron chi connectivity index (χ0n) is 16.2. The van der Waals surface area contributed by atoms with Gasteiger partial charge in [0.25, 0.3) is 0 Å². The first kappa shape index (κ1) is 18.5. The molecule has 1 N–H and O–H groups in total. The second kappa shape index (κ2) is 8.87. The summed E-state index contributed by atoms with van der Waals surface area (Å²) >= 11 is 0. The summed E-state index contributed by atoms with van der Waals surface area (Å²) in [5.41, 5.74) is 5.08. The average Bonchev–Trinajstić information content (AvgIpc) is 3.16. The summed E-state index contributed by atoms with van der Waals surface area (Å²) in [6.45, 7) is 1.35. The molecule has 0 spiro atoms. The van der Waals surface area contributed by atoms with E-state index in [9.17, 15) is 4.79 Å². The van der Waals surface area contributed by atoms with Crippen LogP contribution in [0.25, 0.3) is 0 Å². The van der Waals surface area contributed by atoms with Crippen LogP contribution in [-0.4, -0.2) is 22.2 Å². The highest BCUT2D eigenvalue weighted by atomic mass is 16.1. The van der Waals surface area contributed by atoms with Crippen molar-refractivity contribution >= 4 is 5.91 Å². The number of hydrogen-bond donors (Lipinski definition) is 1. The van der Waals surface area contributed by atoms with Crippen LogP contribution in [0.2, 0.25) is 0 Å². The SMILES string of the molecule is O=C(CC(c1ccccc1)c1ccccc1)NCCn1ncc2c1CCCC2. The molecule has 1 aromatic heterocycles. The van der Waals surface area contributed by atoms with Gasteiger partial charge in [-0.3, -0.25) is 9.48 Å². The van der Waals surface area contributed by atoms with Crippen LogP contribution >= 0.6 is 0 Å². The van der Waals surface area contributed by atoms with Gasteiger partial charge in [-0.05, 0) is 42.4 Å². The van der Waals surface area contributed by atoms with E-state index >= 15 is 0 Å². The van der Waals surface area contributed by atoms with Gasteiger partial charge in [0, 0.05) is 24.6 Å². The lowest BCUT2D eigenvalue weighted by Crippen LogP contribution is -2.29. The summed E-state index contributed by atoms with van der Waals surface area (Å²) in [6.07, 6.45) is 7.18. The van der Waals surface area contributed by atoms with Crippen molar-refractivity contribution in [2.75, 3.05) is 6.54 Å². The molecule has 0 aliphatic heterocycles. The van der Waals surface area contributed by atoms with Gasteiger partial charge in [0.1, 0.15) is 0 Å². The van der Waals surface area contributed by atoms with Crippen LogP contribution in [-0.2, 0) is 24.2 Å². The molecule has 0 radical (unpaired) electrons. The Kier molecular flexibility index (Phi) is 5.86. The molecular weight excluding hydrogens is 346 g/mol. The van der Waals surface area contributed by atoms with Crippen molar-refractivity contribution in [2.24, 2.45) is 0 Å². The Morgan fingerprint density at radius 3 is 2.29 bits per heavy atom. The molecule has 144 valence electrons. The summed E-state index contributed by atoms with van der Waals surface area (Å²) in [5, 5.41) is 7.61. The fourth-order valence-electron chi connectivity index (χ4n) is 4.11. The zero-order chi connectivity index (χ0) is 19.2. The summed E-state index contributed by atoms with van der Waals surface area (Å²) in [7, 11) is 0. The second-order valence-electron chi connectivity index (χ2n) is 7.47. The van der Waals surface area contributed by atoms with E-state index in [1.165, 1.54) is 35.2 Å². The Balaban J connectivity index is 1.38. The molecule has 0 fully saturated rings. The van der Waals surface area contributed by atoms with Crippen LogP contribution in [0.1, 0.15) is 47.6 Å². The van der Waals surface area contributed by atoms with Crippen LogP contribution in [0, 0.1) is 0 Å². The predicted octanol–water partition coefficient (Wildman–Crippen LogP) is 4.10. The van der Waals surface area contributed by atoms with Crippen molar-refractivity contribution in [1.82, 2.24) is 15.1 Å². The lowest BCUT2D eigenvalue weighted by Gasteiger charge is -2.18. The minimum absolute atomic E-state index is 0.0693. The Morgan fingerprint density at radius 1 is 0.964 bits per heavy atom. The Morgan fingerprint density at radius 2 is 1.61 bits per heavy atom. The molecule has 1 aliphatic rings. The average molecular weight is 374 g/mol. The maximum atomic E-state index is 12.7. The minimum atomic E-state index is 0.0693. The number of benzene rings is 2. The lowest BCUT2D eigenvalue weighted by atomic mass is 9.88. The molecule has 4 heteroatoms. The highest BCUT2D eigenvalue weighted by molar-refractivity contribution is 5.77. The van der Waals surface area contributed by atoms with Crippen molar-refractivity contribution in [2.45, 2.75) is 44.6 Å². The molecule has 4 rings (SSSR count). The number of hydrogen-bond acceptors (Lipinski definition) is 2.